The van der Waals surface area contributed by atoms with Crippen LogP contribution in [-0.4, -0.2) is 105 Å². The minimum Gasteiger partial charge on any atom is -0.460 e. The lowest BCUT2D eigenvalue weighted by Gasteiger charge is -2.42. The molecule has 0 aromatic rings. The van der Waals surface area contributed by atoms with Crippen molar-refractivity contribution in [2.24, 2.45) is 29.6 Å². The summed E-state index contributed by atoms with van der Waals surface area (Å²) in [6, 6.07) is -1.09. The van der Waals surface area contributed by atoms with Gasteiger partial charge in [0.1, 0.15) is 30.1 Å². The van der Waals surface area contributed by atoms with E-state index < -0.39 is 83.5 Å². The lowest BCUT2D eigenvalue weighted by Crippen LogP contribution is -2.61. The molecule has 3 rings (SSSR count). The van der Waals surface area contributed by atoms with Crippen LogP contribution in [-0.2, 0) is 38.2 Å². The average Bonchev–Trinajstić information content (AvgIpc) is 3.15. The summed E-state index contributed by atoms with van der Waals surface area (Å²) in [5, 5.41) is 33.4. The Hall–Kier alpha value is -3.29. The molecule has 1 amide bonds. The molecule has 12 nitrogen and oxygen atoms in total. The molecule has 0 aromatic carbocycles. The van der Waals surface area contributed by atoms with Crippen LogP contribution < -0.4 is 0 Å². The molecule has 12 heteroatoms. The van der Waals surface area contributed by atoms with Crippen molar-refractivity contribution in [1.29, 1.82) is 0 Å². The maximum absolute atomic E-state index is 13.9. The molecule has 3 N–H and O–H groups in total. The first-order valence-electron chi connectivity index (χ1n) is 19.9. The first-order chi connectivity index (χ1) is 25.8. The molecule has 2 fully saturated rings. The number of rotatable bonds is 2. The number of nitrogens with zero attached hydrogens (tertiary/aromatic N) is 1. The zero-order valence-corrected chi connectivity index (χ0v) is 34.2. The molecule has 0 unspecified atom stereocenters. The number of esters is 1. The van der Waals surface area contributed by atoms with Crippen molar-refractivity contribution in [3.05, 3.63) is 47.6 Å². The van der Waals surface area contributed by atoms with Gasteiger partial charge in [-0.1, -0.05) is 78.0 Å². The molecular weight excluding hydrogens is 706 g/mol. The number of hydrogen-bond donors (Lipinski definition) is 3. The van der Waals surface area contributed by atoms with Crippen molar-refractivity contribution < 1.29 is 53.5 Å². The van der Waals surface area contributed by atoms with Crippen molar-refractivity contribution in [2.45, 2.75) is 149 Å². The van der Waals surface area contributed by atoms with E-state index in [-0.39, 0.29) is 42.6 Å². The van der Waals surface area contributed by atoms with E-state index >= 15 is 0 Å². The second kappa shape index (κ2) is 20.8. The predicted octanol–water partition coefficient (Wildman–Crippen LogP) is 4.98. The van der Waals surface area contributed by atoms with Crippen LogP contribution in [0.5, 0.6) is 0 Å². The summed E-state index contributed by atoms with van der Waals surface area (Å²) in [6.45, 7) is 14.1. The molecule has 0 saturated carbocycles. The summed E-state index contributed by atoms with van der Waals surface area (Å²) in [7, 11) is 1.57. The maximum atomic E-state index is 13.9. The van der Waals surface area contributed by atoms with E-state index in [0.29, 0.717) is 38.5 Å². The minimum absolute atomic E-state index is 0.0157. The molecule has 0 spiro atoms. The molecule has 55 heavy (non-hydrogen) atoms. The van der Waals surface area contributed by atoms with E-state index in [2.05, 4.69) is 0 Å². The second-order valence-electron chi connectivity index (χ2n) is 16.4. The number of Topliss-reactive ketones (excluding diaryl/α,β-unsaturated/α-hetero) is 3. The quantitative estimate of drug-likeness (QED) is 0.196. The van der Waals surface area contributed by atoms with Crippen molar-refractivity contribution in [2.75, 3.05) is 13.7 Å². The number of carbonyl (C=O) groups excluding carboxylic acids is 5. The molecule has 0 radical (unpaired) electrons. The van der Waals surface area contributed by atoms with E-state index in [4.69, 9.17) is 14.2 Å². The van der Waals surface area contributed by atoms with Crippen LogP contribution in [0.4, 0.5) is 0 Å². The number of ketones is 3. The van der Waals surface area contributed by atoms with Crippen LogP contribution in [0.15, 0.2) is 47.6 Å². The fraction of sp³-hybridized carbons (Fsp3) is 0.698. The predicted molar refractivity (Wildman–Crippen MR) is 207 cm³/mol. The number of hydrogen-bond acceptors (Lipinski definition) is 11. The van der Waals surface area contributed by atoms with Gasteiger partial charge in [0, 0.05) is 44.2 Å². The molecule has 2 bridgehead atoms. The Morgan fingerprint density at radius 1 is 0.891 bits per heavy atom. The highest BCUT2D eigenvalue weighted by molar-refractivity contribution is 6.39. The van der Waals surface area contributed by atoms with Crippen LogP contribution in [0.1, 0.15) is 107 Å². The van der Waals surface area contributed by atoms with Gasteiger partial charge < -0.3 is 34.4 Å². The van der Waals surface area contributed by atoms with Gasteiger partial charge in [-0.05, 0) is 75.4 Å². The first kappa shape index (κ1) is 46.1. The van der Waals surface area contributed by atoms with Gasteiger partial charge in [0.25, 0.3) is 11.7 Å². The number of aliphatic hydroxyl groups excluding tert-OH is 2. The molecular formula is C43H65NO11. The summed E-state index contributed by atoms with van der Waals surface area (Å²) in [5.41, 5.74) is 1.14. The van der Waals surface area contributed by atoms with Crippen LogP contribution in [0, 0.1) is 29.6 Å². The molecule has 308 valence electrons. The number of allylic oxidation sites excluding steroid dienone is 6. The lowest BCUT2D eigenvalue weighted by molar-refractivity contribution is -0.265. The topological polar surface area (TPSA) is 177 Å². The van der Waals surface area contributed by atoms with E-state index in [0.717, 1.165) is 10.5 Å². The highest BCUT2D eigenvalue weighted by atomic mass is 16.6. The van der Waals surface area contributed by atoms with E-state index in [1.54, 1.807) is 48.7 Å². The zero-order valence-electron chi connectivity index (χ0n) is 34.2. The Morgan fingerprint density at radius 2 is 1.58 bits per heavy atom. The number of ether oxygens (including phenoxy) is 3. The molecule has 2 saturated heterocycles. The maximum Gasteiger partial charge on any atom is 0.329 e. The standard InChI is InChI=1S/C43H65NO11/c1-25(2)35-24-34(45)28(5)22-30(7)38(47)39(48)37(46)29(6)21-26(3)15-11-10-12-16-27(4)36(53-9)23-32-19-18-31(8)43(52,55-32)40(49)41(50)44-20-14-13-17-33(44)42(51)54-35/h10-12,15-16,22,25-26,28-29,31-33,35-36,38-39,47-48,52H,13-14,17-21,23-24H2,1-9H3/b12-10+,15-11+,27-16+,30-22+/t26-,28-,29-,31-,32+,33+,35+,36+,38-,39+,43-/m1/s1. The van der Waals surface area contributed by atoms with Gasteiger partial charge in [-0.25, -0.2) is 4.79 Å². The Kier molecular flexibility index (Phi) is 17.4. The molecule has 3 aliphatic heterocycles. The van der Waals surface area contributed by atoms with Crippen LogP contribution in [0.2, 0.25) is 0 Å². The fourth-order valence-corrected chi connectivity index (χ4v) is 7.61. The molecule has 0 aliphatic carbocycles. The van der Waals surface area contributed by atoms with Gasteiger partial charge in [0.05, 0.1) is 12.2 Å². The highest BCUT2D eigenvalue weighted by Crippen LogP contribution is 2.36. The van der Waals surface area contributed by atoms with Crippen molar-refractivity contribution in [3.8, 4) is 0 Å². The van der Waals surface area contributed by atoms with Crippen LogP contribution in [0.25, 0.3) is 0 Å². The zero-order chi connectivity index (χ0) is 41.2. The average molecular weight is 772 g/mol. The lowest BCUT2D eigenvalue weighted by atomic mass is 9.85. The monoisotopic (exact) mass is 771 g/mol. The molecule has 0 aromatic heterocycles. The normalized spacial score (nSPS) is 39.4. The summed E-state index contributed by atoms with van der Waals surface area (Å²) in [4.78, 5) is 69.2. The number of fused-ring (bicyclic) bond motifs is 3. The third-order valence-electron chi connectivity index (χ3n) is 11.5. The summed E-state index contributed by atoms with van der Waals surface area (Å²) in [6.07, 6.45) is 8.82. The van der Waals surface area contributed by atoms with E-state index in [1.807, 2.05) is 44.2 Å². The van der Waals surface area contributed by atoms with Gasteiger partial charge in [-0.15, -0.1) is 0 Å². The number of piperidine rings is 1. The largest absolute Gasteiger partial charge is 0.460 e. The minimum atomic E-state index is -2.40. The highest BCUT2D eigenvalue weighted by Gasteiger charge is 2.53. The Morgan fingerprint density at radius 3 is 2.24 bits per heavy atom. The Labute approximate surface area is 327 Å². The van der Waals surface area contributed by atoms with Gasteiger partial charge in [0.15, 0.2) is 5.78 Å². The Bertz CT molecular complexity index is 1500. The SMILES string of the molecule is CO[C@H]1C[C@@H]2CC[C@@H](C)[C@@](O)(O2)C(=O)C(=O)N2CCCC[C@H]2C(=O)O[C@H](C(C)C)CC(=O)[C@H](C)/C=C(\C)[C@@H](O)[C@@H](O)C(=O)[C@H](C)C[C@H](C)/C=C/C=C/C=C/1C. The summed E-state index contributed by atoms with van der Waals surface area (Å²) >= 11 is 0. The van der Waals surface area contributed by atoms with Gasteiger partial charge in [-0.2, -0.15) is 0 Å². The Balaban J connectivity index is 1.97. The third-order valence-corrected chi connectivity index (χ3v) is 11.5. The van der Waals surface area contributed by atoms with Gasteiger partial charge in [0.2, 0.25) is 5.79 Å². The van der Waals surface area contributed by atoms with Crippen LogP contribution in [0.3, 0.4) is 0 Å². The van der Waals surface area contributed by atoms with Crippen LogP contribution >= 0.6 is 0 Å². The van der Waals surface area contributed by atoms with Crippen molar-refractivity contribution >= 4 is 29.2 Å². The summed E-state index contributed by atoms with van der Waals surface area (Å²) in [5.74, 6) is -8.36. The van der Waals surface area contributed by atoms with E-state index in [9.17, 15) is 39.3 Å². The smallest absolute Gasteiger partial charge is 0.329 e. The van der Waals surface area contributed by atoms with Gasteiger partial charge >= 0.3 is 5.97 Å². The van der Waals surface area contributed by atoms with Crippen molar-refractivity contribution in [3.63, 3.8) is 0 Å². The third kappa shape index (κ3) is 12.1. The molecule has 3 aliphatic rings. The first-order valence-corrected chi connectivity index (χ1v) is 19.9. The fourth-order valence-electron chi connectivity index (χ4n) is 7.61. The molecule has 11 atom stereocenters. The second-order valence-corrected chi connectivity index (χ2v) is 16.4. The number of methoxy groups -OCH3 is 1. The van der Waals surface area contributed by atoms with Gasteiger partial charge in [-0.3, -0.25) is 19.2 Å². The molecule has 3 heterocycles. The van der Waals surface area contributed by atoms with Crippen molar-refractivity contribution in [1.82, 2.24) is 4.90 Å². The number of cyclic esters (lactones) is 1. The number of carbonyl (C=O) groups is 5. The number of aliphatic hydroxyl groups is 3. The number of amides is 1. The van der Waals surface area contributed by atoms with E-state index in [1.165, 1.54) is 6.08 Å². The summed E-state index contributed by atoms with van der Waals surface area (Å²) < 4.78 is 17.7.